The number of hydrogen-bond acceptors (Lipinski definition) is 2. The summed E-state index contributed by atoms with van der Waals surface area (Å²) < 4.78 is 0. The topological polar surface area (TPSA) is 12.0 Å². The van der Waals surface area contributed by atoms with Crippen molar-refractivity contribution in [2.75, 3.05) is 0 Å². The molecule has 18 heavy (non-hydrogen) atoms. The molecule has 0 saturated heterocycles. The van der Waals surface area contributed by atoms with Crippen LogP contribution in [0.3, 0.4) is 0 Å². The highest BCUT2D eigenvalue weighted by molar-refractivity contribution is 7.10. The predicted molar refractivity (Wildman–Crippen MR) is 80.7 cm³/mol. The maximum absolute atomic E-state index is 6.21. The molecule has 2 aromatic rings. The molecule has 0 aliphatic heterocycles. The Labute approximate surface area is 122 Å². The van der Waals surface area contributed by atoms with Gasteiger partial charge < -0.3 is 5.32 Å². The van der Waals surface area contributed by atoms with E-state index in [1.54, 1.807) is 17.4 Å². The minimum absolute atomic E-state index is 0.187. The van der Waals surface area contributed by atoms with Gasteiger partial charge in [0.25, 0.3) is 0 Å². The van der Waals surface area contributed by atoms with E-state index in [0.717, 1.165) is 5.56 Å². The van der Waals surface area contributed by atoms with Crippen molar-refractivity contribution in [2.24, 2.45) is 0 Å². The molecule has 1 aromatic heterocycles. The molecule has 1 heterocycles. The lowest BCUT2D eigenvalue weighted by Crippen LogP contribution is -2.22. The first-order valence-electron chi connectivity index (χ1n) is 5.82. The zero-order valence-corrected chi connectivity index (χ0v) is 12.6. The van der Waals surface area contributed by atoms with Crippen LogP contribution in [0.2, 0.25) is 10.0 Å². The molecule has 1 N–H and O–H groups in total. The fourth-order valence-electron chi connectivity index (χ4n) is 1.94. The van der Waals surface area contributed by atoms with Crippen LogP contribution in [-0.2, 0) is 0 Å². The van der Waals surface area contributed by atoms with E-state index >= 15 is 0 Å². The quantitative estimate of drug-likeness (QED) is 0.789. The third-order valence-corrected chi connectivity index (χ3v) is 4.52. The minimum Gasteiger partial charge on any atom is -0.303 e. The van der Waals surface area contributed by atoms with Gasteiger partial charge in [0, 0.05) is 27.0 Å². The summed E-state index contributed by atoms with van der Waals surface area (Å²) in [4.78, 5) is 1.33. The maximum Gasteiger partial charge on any atom is 0.0468 e. The molecule has 4 heteroatoms. The maximum atomic E-state index is 6.21. The van der Waals surface area contributed by atoms with Gasteiger partial charge in [-0.2, -0.15) is 0 Å². The van der Waals surface area contributed by atoms with Gasteiger partial charge in [0.2, 0.25) is 0 Å². The molecule has 0 saturated carbocycles. The molecule has 96 valence electrons. The van der Waals surface area contributed by atoms with Crippen LogP contribution in [0.1, 0.15) is 36.4 Å². The van der Waals surface area contributed by atoms with Crippen molar-refractivity contribution in [3.63, 3.8) is 0 Å². The highest BCUT2D eigenvalue weighted by Gasteiger charge is 2.14. The van der Waals surface area contributed by atoms with Gasteiger partial charge in [-0.15, -0.1) is 11.3 Å². The van der Waals surface area contributed by atoms with Gasteiger partial charge >= 0.3 is 0 Å². The highest BCUT2D eigenvalue weighted by Crippen LogP contribution is 2.28. The lowest BCUT2D eigenvalue weighted by atomic mass is 10.1. The Bertz CT molecular complexity index is 511. The number of hydrogen-bond donors (Lipinski definition) is 1. The van der Waals surface area contributed by atoms with Crippen LogP contribution >= 0.6 is 34.5 Å². The van der Waals surface area contributed by atoms with Crippen molar-refractivity contribution in [1.29, 1.82) is 0 Å². The monoisotopic (exact) mass is 299 g/mol. The molecule has 0 spiro atoms. The number of rotatable bonds is 4. The van der Waals surface area contributed by atoms with Gasteiger partial charge in [0.1, 0.15) is 0 Å². The van der Waals surface area contributed by atoms with Crippen molar-refractivity contribution in [3.8, 4) is 0 Å². The first kappa shape index (κ1) is 13.9. The molecule has 0 aliphatic carbocycles. The number of benzene rings is 1. The Balaban J connectivity index is 2.10. The van der Waals surface area contributed by atoms with E-state index in [0.29, 0.717) is 16.1 Å². The van der Waals surface area contributed by atoms with Gasteiger partial charge in [0.05, 0.1) is 0 Å². The Hall–Kier alpha value is -0.540. The van der Waals surface area contributed by atoms with Crippen molar-refractivity contribution in [1.82, 2.24) is 5.32 Å². The van der Waals surface area contributed by atoms with Crippen LogP contribution in [-0.4, -0.2) is 0 Å². The summed E-state index contributed by atoms with van der Waals surface area (Å²) in [6.07, 6.45) is 0. The summed E-state index contributed by atoms with van der Waals surface area (Å²) in [7, 11) is 0. The molecule has 1 nitrogen and oxygen atoms in total. The van der Waals surface area contributed by atoms with Crippen molar-refractivity contribution < 1.29 is 0 Å². The molecule has 0 aliphatic rings. The first-order chi connectivity index (χ1) is 8.58. The molecular weight excluding hydrogens is 285 g/mol. The predicted octanol–water partition coefficient (Wildman–Crippen LogP) is 5.47. The number of halogens is 2. The van der Waals surface area contributed by atoms with Crippen LogP contribution < -0.4 is 5.32 Å². The van der Waals surface area contributed by atoms with Gasteiger partial charge in [-0.3, -0.25) is 0 Å². The lowest BCUT2D eigenvalue weighted by molar-refractivity contribution is 0.500. The van der Waals surface area contributed by atoms with E-state index < -0.39 is 0 Å². The Morgan fingerprint density at radius 2 is 1.89 bits per heavy atom. The third-order valence-electron chi connectivity index (χ3n) is 2.90. The second-order valence-corrected chi connectivity index (χ2v) is 6.11. The summed E-state index contributed by atoms with van der Waals surface area (Å²) in [5, 5.41) is 7.01. The van der Waals surface area contributed by atoms with E-state index in [1.807, 2.05) is 12.1 Å². The highest BCUT2D eigenvalue weighted by atomic mass is 35.5. The molecule has 0 fully saturated rings. The average Bonchev–Trinajstić information content (AvgIpc) is 2.81. The Kier molecular flexibility index (Phi) is 4.68. The Morgan fingerprint density at radius 3 is 2.50 bits per heavy atom. The van der Waals surface area contributed by atoms with E-state index in [-0.39, 0.29) is 6.04 Å². The standard InChI is InChI=1S/C14H15Cl2NS/c1-9(12-6-5-11(15)8-13(12)16)17-10(2)14-4-3-7-18-14/h3-10,17H,1-2H3. The second-order valence-electron chi connectivity index (χ2n) is 4.29. The normalized spacial score (nSPS) is 14.4. The third kappa shape index (κ3) is 3.27. The summed E-state index contributed by atoms with van der Waals surface area (Å²) in [5.41, 5.74) is 1.07. The van der Waals surface area contributed by atoms with E-state index in [2.05, 4.69) is 36.7 Å². The second kappa shape index (κ2) is 6.07. The van der Waals surface area contributed by atoms with Gasteiger partial charge in [-0.25, -0.2) is 0 Å². The summed E-state index contributed by atoms with van der Waals surface area (Å²) >= 11 is 13.9. The van der Waals surface area contributed by atoms with Crippen LogP contribution in [0.5, 0.6) is 0 Å². The SMILES string of the molecule is CC(NC(C)c1ccc(Cl)cc1Cl)c1cccs1. The molecular formula is C14H15Cl2NS. The van der Waals surface area contributed by atoms with Gasteiger partial charge in [-0.1, -0.05) is 35.3 Å². The lowest BCUT2D eigenvalue weighted by Gasteiger charge is -2.20. The van der Waals surface area contributed by atoms with Crippen LogP contribution in [0, 0.1) is 0 Å². The van der Waals surface area contributed by atoms with E-state index in [4.69, 9.17) is 23.2 Å². The van der Waals surface area contributed by atoms with E-state index in [9.17, 15) is 0 Å². The summed E-state index contributed by atoms with van der Waals surface area (Å²) in [6.45, 7) is 4.27. The molecule has 0 bridgehead atoms. The molecule has 1 aromatic carbocycles. The van der Waals surface area contributed by atoms with Gasteiger partial charge in [-0.05, 0) is 43.0 Å². The Morgan fingerprint density at radius 1 is 1.11 bits per heavy atom. The van der Waals surface area contributed by atoms with E-state index in [1.165, 1.54) is 4.88 Å². The summed E-state index contributed by atoms with van der Waals surface area (Å²) in [6, 6.07) is 10.3. The van der Waals surface area contributed by atoms with Gasteiger partial charge in [0.15, 0.2) is 0 Å². The fraction of sp³-hybridized carbons (Fsp3) is 0.286. The molecule has 0 radical (unpaired) electrons. The fourth-order valence-corrected chi connectivity index (χ4v) is 3.25. The van der Waals surface area contributed by atoms with Crippen LogP contribution in [0.15, 0.2) is 35.7 Å². The van der Waals surface area contributed by atoms with Crippen molar-refractivity contribution in [3.05, 3.63) is 56.2 Å². The smallest absolute Gasteiger partial charge is 0.0468 e. The van der Waals surface area contributed by atoms with Crippen LogP contribution in [0.25, 0.3) is 0 Å². The minimum atomic E-state index is 0.187. The molecule has 0 amide bonds. The van der Waals surface area contributed by atoms with Crippen LogP contribution in [0.4, 0.5) is 0 Å². The zero-order chi connectivity index (χ0) is 13.1. The van der Waals surface area contributed by atoms with Crippen molar-refractivity contribution in [2.45, 2.75) is 25.9 Å². The zero-order valence-electron chi connectivity index (χ0n) is 10.3. The summed E-state index contributed by atoms with van der Waals surface area (Å²) in [5.74, 6) is 0. The average molecular weight is 300 g/mol. The largest absolute Gasteiger partial charge is 0.303 e. The number of thiophene rings is 1. The van der Waals surface area contributed by atoms with Crippen molar-refractivity contribution >= 4 is 34.5 Å². The molecule has 2 unspecified atom stereocenters. The molecule has 2 atom stereocenters. The number of nitrogens with one attached hydrogen (secondary N) is 1. The molecule has 2 rings (SSSR count). The first-order valence-corrected chi connectivity index (χ1v) is 7.46.